The smallest absolute Gasteiger partial charge is 0.233 e. The van der Waals surface area contributed by atoms with Crippen LogP contribution >= 0.6 is 15.9 Å². The van der Waals surface area contributed by atoms with E-state index in [1.807, 2.05) is 4.90 Å². The van der Waals surface area contributed by atoms with E-state index in [0.717, 1.165) is 26.1 Å². The zero-order chi connectivity index (χ0) is 9.84. The van der Waals surface area contributed by atoms with Gasteiger partial charge in [0, 0.05) is 19.1 Å². The Morgan fingerprint density at radius 1 is 1.54 bits per heavy atom. The molecule has 3 nitrogen and oxygen atoms in total. The van der Waals surface area contributed by atoms with E-state index in [1.165, 1.54) is 0 Å². The predicted octanol–water partition coefficient (Wildman–Crippen LogP) is 0.934. The van der Waals surface area contributed by atoms with Crippen LogP contribution in [-0.4, -0.2) is 53.8 Å². The van der Waals surface area contributed by atoms with Crippen molar-refractivity contribution in [1.29, 1.82) is 0 Å². The highest BCUT2D eigenvalue weighted by Crippen LogP contribution is 2.09. The zero-order valence-electron chi connectivity index (χ0n) is 8.29. The number of carbonyl (C=O) groups excluding carboxylic acids is 1. The van der Waals surface area contributed by atoms with Gasteiger partial charge in [0.15, 0.2) is 0 Å². The van der Waals surface area contributed by atoms with E-state index < -0.39 is 0 Å². The van der Waals surface area contributed by atoms with Crippen LogP contribution in [0.25, 0.3) is 0 Å². The normalized spacial score (nSPS) is 25.8. The molecule has 76 valence electrons. The van der Waals surface area contributed by atoms with Gasteiger partial charge in [0.05, 0.1) is 5.33 Å². The minimum Gasteiger partial charge on any atom is -0.338 e. The number of rotatable bonds is 1. The molecule has 0 radical (unpaired) electrons. The lowest BCUT2D eigenvalue weighted by atomic mass is 10.3. The van der Waals surface area contributed by atoms with E-state index >= 15 is 0 Å². The quantitative estimate of drug-likeness (QED) is 0.645. The number of alkyl halides is 1. The SMILES string of the molecule is CC1CN(C)CCCN1C(=O)CBr. The lowest BCUT2D eigenvalue weighted by Gasteiger charge is -2.27. The molecule has 1 rings (SSSR count). The second-order valence-corrected chi connectivity index (χ2v) is 4.25. The molecule has 0 spiro atoms. The minimum absolute atomic E-state index is 0.211. The molecule has 0 aromatic carbocycles. The summed E-state index contributed by atoms with van der Waals surface area (Å²) < 4.78 is 0. The van der Waals surface area contributed by atoms with Crippen LogP contribution in [0, 0.1) is 0 Å². The number of nitrogens with zero attached hydrogens (tertiary/aromatic N) is 2. The first kappa shape index (κ1) is 11.0. The number of amides is 1. The first-order chi connectivity index (χ1) is 6.15. The Labute approximate surface area is 88.2 Å². The number of carbonyl (C=O) groups is 1. The van der Waals surface area contributed by atoms with Gasteiger partial charge in [-0.15, -0.1) is 0 Å². The van der Waals surface area contributed by atoms with Gasteiger partial charge in [-0.05, 0) is 26.9 Å². The Bertz CT molecular complexity index is 186. The predicted molar refractivity (Wildman–Crippen MR) is 57.1 cm³/mol. The molecular formula is C9H17BrN2O. The summed E-state index contributed by atoms with van der Waals surface area (Å²) in [5, 5.41) is 0.445. The summed E-state index contributed by atoms with van der Waals surface area (Å²) in [6.45, 7) is 5.09. The molecule has 1 fully saturated rings. The Morgan fingerprint density at radius 2 is 2.23 bits per heavy atom. The van der Waals surface area contributed by atoms with Gasteiger partial charge < -0.3 is 9.80 Å². The molecule has 1 saturated heterocycles. The number of halogens is 1. The number of likely N-dealkylation sites (N-methyl/N-ethyl adjacent to an activating group) is 1. The third-order valence-corrected chi connectivity index (χ3v) is 2.96. The molecule has 0 aromatic heterocycles. The van der Waals surface area contributed by atoms with Gasteiger partial charge in [0.25, 0.3) is 0 Å². The molecule has 1 aliphatic rings. The fourth-order valence-electron chi connectivity index (χ4n) is 1.82. The van der Waals surface area contributed by atoms with Crippen molar-refractivity contribution in [1.82, 2.24) is 9.80 Å². The second kappa shape index (κ2) is 4.96. The van der Waals surface area contributed by atoms with E-state index in [0.29, 0.717) is 11.4 Å². The Hall–Kier alpha value is -0.0900. The van der Waals surface area contributed by atoms with Gasteiger partial charge >= 0.3 is 0 Å². The van der Waals surface area contributed by atoms with Crippen molar-refractivity contribution >= 4 is 21.8 Å². The van der Waals surface area contributed by atoms with Crippen LogP contribution in [0.1, 0.15) is 13.3 Å². The van der Waals surface area contributed by atoms with Crippen molar-refractivity contribution < 1.29 is 4.79 Å². The lowest BCUT2D eigenvalue weighted by molar-refractivity contribution is -0.130. The summed E-state index contributed by atoms with van der Waals surface area (Å²) >= 11 is 3.21. The van der Waals surface area contributed by atoms with Crippen LogP contribution in [0.5, 0.6) is 0 Å². The van der Waals surface area contributed by atoms with E-state index in [2.05, 4.69) is 34.8 Å². The molecule has 13 heavy (non-hydrogen) atoms. The molecule has 1 atom stereocenters. The molecular weight excluding hydrogens is 232 g/mol. The lowest BCUT2D eigenvalue weighted by Crippen LogP contribution is -2.42. The average Bonchev–Trinajstić information content (AvgIpc) is 2.25. The number of hydrogen-bond donors (Lipinski definition) is 0. The van der Waals surface area contributed by atoms with Crippen molar-refractivity contribution in [3.8, 4) is 0 Å². The maximum Gasteiger partial charge on any atom is 0.233 e. The van der Waals surface area contributed by atoms with E-state index in [1.54, 1.807) is 0 Å². The summed E-state index contributed by atoms with van der Waals surface area (Å²) in [5.74, 6) is 0.211. The molecule has 1 heterocycles. The second-order valence-electron chi connectivity index (χ2n) is 3.69. The van der Waals surface area contributed by atoms with Gasteiger partial charge in [-0.1, -0.05) is 15.9 Å². The third kappa shape index (κ3) is 2.95. The Kier molecular flexibility index (Phi) is 4.19. The first-order valence-corrected chi connectivity index (χ1v) is 5.81. The highest BCUT2D eigenvalue weighted by molar-refractivity contribution is 9.09. The fraction of sp³-hybridized carbons (Fsp3) is 0.889. The first-order valence-electron chi connectivity index (χ1n) is 4.69. The Morgan fingerprint density at radius 3 is 2.85 bits per heavy atom. The van der Waals surface area contributed by atoms with E-state index in [4.69, 9.17) is 0 Å². The molecule has 4 heteroatoms. The van der Waals surface area contributed by atoms with Gasteiger partial charge in [-0.2, -0.15) is 0 Å². The third-order valence-electron chi connectivity index (χ3n) is 2.48. The number of hydrogen-bond acceptors (Lipinski definition) is 2. The largest absolute Gasteiger partial charge is 0.338 e. The topological polar surface area (TPSA) is 23.6 Å². The van der Waals surface area contributed by atoms with E-state index in [-0.39, 0.29) is 5.91 Å². The molecule has 0 N–H and O–H groups in total. The van der Waals surface area contributed by atoms with Crippen molar-refractivity contribution in [2.24, 2.45) is 0 Å². The summed E-state index contributed by atoms with van der Waals surface area (Å²) in [6.07, 6.45) is 1.08. The van der Waals surface area contributed by atoms with Gasteiger partial charge in [0.2, 0.25) is 5.91 Å². The molecule has 1 unspecified atom stereocenters. The van der Waals surface area contributed by atoms with Gasteiger partial charge in [0.1, 0.15) is 0 Å². The highest BCUT2D eigenvalue weighted by atomic mass is 79.9. The van der Waals surface area contributed by atoms with Crippen molar-refractivity contribution in [3.05, 3.63) is 0 Å². The minimum atomic E-state index is 0.211. The van der Waals surface area contributed by atoms with Gasteiger partial charge in [-0.25, -0.2) is 0 Å². The summed E-state index contributed by atoms with van der Waals surface area (Å²) in [4.78, 5) is 15.8. The summed E-state index contributed by atoms with van der Waals surface area (Å²) in [5.41, 5.74) is 0. The fourth-order valence-corrected chi connectivity index (χ4v) is 2.14. The standard InChI is InChI=1S/C9H17BrN2O/c1-8-7-11(2)4-3-5-12(8)9(13)6-10/h8H,3-7H2,1-2H3. The average molecular weight is 249 g/mol. The molecule has 0 saturated carbocycles. The van der Waals surface area contributed by atoms with Crippen molar-refractivity contribution in [2.45, 2.75) is 19.4 Å². The van der Waals surface area contributed by atoms with Crippen LogP contribution in [0.4, 0.5) is 0 Å². The molecule has 0 aromatic rings. The summed E-state index contributed by atoms with van der Waals surface area (Å²) in [6, 6.07) is 0.345. The zero-order valence-corrected chi connectivity index (χ0v) is 9.88. The van der Waals surface area contributed by atoms with Crippen LogP contribution in [0.2, 0.25) is 0 Å². The maximum absolute atomic E-state index is 11.5. The van der Waals surface area contributed by atoms with Crippen molar-refractivity contribution in [2.75, 3.05) is 32.0 Å². The molecule has 1 aliphatic heterocycles. The van der Waals surface area contributed by atoms with Crippen LogP contribution < -0.4 is 0 Å². The van der Waals surface area contributed by atoms with Crippen LogP contribution in [-0.2, 0) is 4.79 Å². The molecule has 0 aliphatic carbocycles. The summed E-state index contributed by atoms with van der Waals surface area (Å²) in [7, 11) is 2.11. The molecule has 0 bridgehead atoms. The van der Waals surface area contributed by atoms with Crippen LogP contribution in [0.15, 0.2) is 0 Å². The Balaban J connectivity index is 2.57. The van der Waals surface area contributed by atoms with E-state index in [9.17, 15) is 4.79 Å². The monoisotopic (exact) mass is 248 g/mol. The highest BCUT2D eigenvalue weighted by Gasteiger charge is 2.22. The van der Waals surface area contributed by atoms with Gasteiger partial charge in [-0.3, -0.25) is 4.79 Å². The molecule has 1 amide bonds. The van der Waals surface area contributed by atoms with Crippen molar-refractivity contribution in [3.63, 3.8) is 0 Å². The van der Waals surface area contributed by atoms with Crippen LogP contribution in [0.3, 0.4) is 0 Å². The maximum atomic E-state index is 11.5.